The van der Waals surface area contributed by atoms with Crippen molar-refractivity contribution >= 4 is 34.5 Å². The van der Waals surface area contributed by atoms with Crippen molar-refractivity contribution in [3.05, 3.63) is 63.7 Å². The van der Waals surface area contributed by atoms with Crippen LogP contribution in [0.4, 0.5) is 10.5 Å². The zero-order valence-corrected chi connectivity index (χ0v) is 18.3. The molecule has 0 saturated carbocycles. The molecule has 2 aromatic rings. The second kappa shape index (κ2) is 9.90. The number of fused-ring (bicyclic) bond motifs is 1. The van der Waals surface area contributed by atoms with Crippen molar-refractivity contribution in [2.75, 3.05) is 19.9 Å². The Morgan fingerprint density at radius 2 is 1.94 bits per heavy atom. The van der Waals surface area contributed by atoms with Crippen LogP contribution in [0.5, 0.6) is 11.5 Å². The number of nitrogens with one attached hydrogen (secondary N) is 1. The first-order valence-electron chi connectivity index (χ1n) is 10.3. The summed E-state index contributed by atoms with van der Waals surface area (Å²) >= 11 is 1.00. The maximum absolute atomic E-state index is 12.6. The average molecular weight is 471 g/mol. The highest BCUT2D eigenvalue weighted by molar-refractivity contribution is 8.15. The minimum Gasteiger partial charge on any atom is -0.494 e. The predicted octanol–water partition coefficient (Wildman–Crippen LogP) is 3.14. The molecule has 1 atom stereocenters. The van der Waals surface area contributed by atoms with Gasteiger partial charge in [0.25, 0.3) is 16.8 Å². The molecule has 33 heavy (non-hydrogen) atoms. The third kappa shape index (κ3) is 5.43. The lowest BCUT2D eigenvalue weighted by Gasteiger charge is -2.28. The van der Waals surface area contributed by atoms with E-state index in [1.807, 2.05) is 24.3 Å². The summed E-state index contributed by atoms with van der Waals surface area (Å²) in [4.78, 5) is 47.5. The van der Waals surface area contributed by atoms with Crippen molar-refractivity contribution in [3.63, 3.8) is 0 Å². The molecule has 1 unspecified atom stereocenters. The van der Waals surface area contributed by atoms with Crippen LogP contribution in [0, 0.1) is 10.1 Å². The molecule has 0 radical (unpaired) electrons. The van der Waals surface area contributed by atoms with Gasteiger partial charge >= 0.3 is 0 Å². The molecule has 1 fully saturated rings. The Bertz CT molecular complexity index is 1090. The first-order chi connectivity index (χ1) is 15.9. The van der Waals surface area contributed by atoms with Gasteiger partial charge in [-0.25, -0.2) is 0 Å². The highest BCUT2D eigenvalue weighted by Gasteiger charge is 2.31. The van der Waals surface area contributed by atoms with Crippen molar-refractivity contribution in [1.29, 1.82) is 0 Å². The summed E-state index contributed by atoms with van der Waals surface area (Å²) in [5, 5.41) is 12.5. The SMILES string of the molecule is O=C1NC(=O)C(Cc2ccc(OCCCCN3COc4ccc([N+](=O)[O-])cc4C3=O)cc2)S1. The molecule has 11 heteroatoms. The Balaban J connectivity index is 1.20. The van der Waals surface area contributed by atoms with Crippen LogP contribution < -0.4 is 14.8 Å². The van der Waals surface area contributed by atoms with Crippen molar-refractivity contribution in [2.24, 2.45) is 0 Å². The van der Waals surface area contributed by atoms with E-state index in [1.165, 1.54) is 23.1 Å². The largest absolute Gasteiger partial charge is 0.494 e. The number of non-ortho nitro benzene ring substituents is 1. The fourth-order valence-electron chi connectivity index (χ4n) is 3.53. The normalized spacial score (nSPS) is 17.4. The summed E-state index contributed by atoms with van der Waals surface area (Å²) in [5.41, 5.74) is 0.990. The van der Waals surface area contributed by atoms with Crippen LogP contribution in [0.1, 0.15) is 28.8 Å². The van der Waals surface area contributed by atoms with Gasteiger partial charge in [-0.1, -0.05) is 23.9 Å². The molecular weight excluding hydrogens is 450 g/mol. The standard InChI is InChI=1S/C22H21N3O7S/c26-20-19(33-22(28)23-20)11-14-3-6-16(7-4-14)31-10-2-1-9-24-13-32-18-8-5-15(25(29)30)12-17(18)21(24)27/h3-8,12,19H,1-2,9-11,13H2,(H,23,26,28). The maximum atomic E-state index is 12.6. The number of carbonyl (C=O) groups excluding carboxylic acids is 3. The lowest BCUT2D eigenvalue weighted by molar-refractivity contribution is -0.384. The number of nitro benzene ring substituents is 1. The molecule has 172 valence electrons. The van der Waals surface area contributed by atoms with Crippen molar-refractivity contribution in [2.45, 2.75) is 24.5 Å². The molecule has 2 heterocycles. The third-order valence-electron chi connectivity index (χ3n) is 5.27. The van der Waals surface area contributed by atoms with E-state index in [9.17, 15) is 24.5 Å². The second-order valence-electron chi connectivity index (χ2n) is 7.57. The predicted molar refractivity (Wildman–Crippen MR) is 119 cm³/mol. The Morgan fingerprint density at radius 1 is 1.15 bits per heavy atom. The molecule has 4 rings (SSSR count). The van der Waals surface area contributed by atoms with E-state index in [4.69, 9.17) is 9.47 Å². The molecule has 2 aromatic carbocycles. The summed E-state index contributed by atoms with van der Waals surface area (Å²) < 4.78 is 11.3. The van der Waals surface area contributed by atoms with Crippen LogP contribution in [0.3, 0.4) is 0 Å². The number of nitrogens with zero attached hydrogens (tertiary/aromatic N) is 2. The molecule has 3 amide bonds. The van der Waals surface area contributed by atoms with Crippen molar-refractivity contribution in [1.82, 2.24) is 10.2 Å². The molecule has 2 aliphatic rings. The number of hydrogen-bond acceptors (Lipinski definition) is 8. The van der Waals surface area contributed by atoms with Gasteiger partial charge in [0.05, 0.1) is 22.3 Å². The molecule has 1 saturated heterocycles. The minimum atomic E-state index is -0.540. The molecule has 0 aliphatic carbocycles. The maximum Gasteiger partial charge on any atom is 0.286 e. The van der Waals surface area contributed by atoms with E-state index in [2.05, 4.69) is 5.32 Å². The van der Waals surface area contributed by atoms with Gasteiger partial charge < -0.3 is 14.4 Å². The lowest BCUT2D eigenvalue weighted by Crippen LogP contribution is -2.39. The highest BCUT2D eigenvalue weighted by Crippen LogP contribution is 2.29. The number of imide groups is 1. The van der Waals surface area contributed by atoms with Gasteiger partial charge in [-0.15, -0.1) is 0 Å². The molecule has 1 N–H and O–H groups in total. The number of carbonyl (C=O) groups is 3. The van der Waals surface area contributed by atoms with E-state index < -0.39 is 10.2 Å². The number of ether oxygens (including phenoxy) is 2. The van der Waals surface area contributed by atoms with Crippen LogP contribution in [0.2, 0.25) is 0 Å². The number of rotatable bonds is 9. The highest BCUT2D eigenvalue weighted by atomic mass is 32.2. The van der Waals surface area contributed by atoms with Crippen LogP contribution >= 0.6 is 11.8 Å². The fourth-order valence-corrected chi connectivity index (χ4v) is 4.38. The summed E-state index contributed by atoms with van der Waals surface area (Å²) in [6.07, 6.45) is 1.86. The van der Waals surface area contributed by atoms with Gasteiger partial charge in [-0.05, 0) is 43.0 Å². The van der Waals surface area contributed by atoms with E-state index in [0.717, 1.165) is 17.3 Å². The van der Waals surface area contributed by atoms with Gasteiger partial charge in [-0.3, -0.25) is 29.8 Å². The minimum absolute atomic E-state index is 0.106. The quantitative estimate of drug-likeness (QED) is 0.336. The topological polar surface area (TPSA) is 128 Å². The molecule has 0 spiro atoms. The fraction of sp³-hybridized carbons (Fsp3) is 0.318. The van der Waals surface area contributed by atoms with Crippen molar-refractivity contribution < 1.29 is 28.8 Å². The number of unbranched alkanes of at least 4 members (excludes halogenated alkanes) is 1. The Labute approximate surface area is 193 Å². The van der Waals surface area contributed by atoms with Gasteiger partial charge in [0.1, 0.15) is 11.5 Å². The Hall–Kier alpha value is -3.60. The number of hydrogen-bond donors (Lipinski definition) is 1. The molecular formula is C22H21N3O7S. The van der Waals surface area contributed by atoms with E-state index >= 15 is 0 Å². The van der Waals surface area contributed by atoms with Crippen molar-refractivity contribution in [3.8, 4) is 11.5 Å². The van der Waals surface area contributed by atoms with Gasteiger partial charge in [0.15, 0.2) is 6.73 Å². The molecule has 2 aliphatic heterocycles. The zero-order chi connectivity index (χ0) is 23.4. The summed E-state index contributed by atoms with van der Waals surface area (Å²) in [5.74, 6) is 0.501. The molecule has 0 bridgehead atoms. The number of benzene rings is 2. The monoisotopic (exact) mass is 471 g/mol. The van der Waals surface area contributed by atoms with Crippen LogP contribution in [-0.4, -0.2) is 52.0 Å². The third-order valence-corrected chi connectivity index (χ3v) is 6.25. The average Bonchev–Trinajstić information content (AvgIpc) is 3.12. The second-order valence-corrected chi connectivity index (χ2v) is 8.74. The van der Waals surface area contributed by atoms with E-state index in [0.29, 0.717) is 43.9 Å². The lowest BCUT2D eigenvalue weighted by atomic mass is 10.1. The van der Waals surface area contributed by atoms with Gasteiger partial charge in [-0.2, -0.15) is 0 Å². The number of nitro groups is 1. The van der Waals surface area contributed by atoms with Gasteiger partial charge in [0, 0.05) is 18.7 Å². The van der Waals surface area contributed by atoms with Crippen LogP contribution in [-0.2, 0) is 11.2 Å². The number of thioether (sulfide) groups is 1. The Kier molecular flexibility index (Phi) is 6.78. The van der Waals surface area contributed by atoms with Crippen LogP contribution in [0.15, 0.2) is 42.5 Å². The van der Waals surface area contributed by atoms with Gasteiger partial charge in [0.2, 0.25) is 5.91 Å². The van der Waals surface area contributed by atoms with E-state index in [-0.39, 0.29) is 35.0 Å². The zero-order valence-electron chi connectivity index (χ0n) is 17.5. The smallest absolute Gasteiger partial charge is 0.286 e. The number of amides is 3. The molecule has 0 aromatic heterocycles. The molecule has 10 nitrogen and oxygen atoms in total. The van der Waals surface area contributed by atoms with Crippen LogP contribution in [0.25, 0.3) is 0 Å². The Morgan fingerprint density at radius 3 is 2.64 bits per heavy atom. The first-order valence-corrected chi connectivity index (χ1v) is 11.2. The summed E-state index contributed by atoms with van der Waals surface area (Å²) in [6.45, 7) is 1.01. The summed E-state index contributed by atoms with van der Waals surface area (Å²) in [6, 6.07) is 11.4. The van der Waals surface area contributed by atoms with E-state index in [1.54, 1.807) is 0 Å². The summed E-state index contributed by atoms with van der Waals surface area (Å²) in [7, 11) is 0. The first kappa shape index (κ1) is 22.6.